The van der Waals surface area contributed by atoms with E-state index in [1.54, 1.807) is 24.1 Å². The molecule has 1 saturated heterocycles. The Hall–Kier alpha value is -0.950. The van der Waals surface area contributed by atoms with Crippen LogP contribution in [0.3, 0.4) is 0 Å². The number of nitrogens with one attached hydrogen (secondary N) is 1. The van der Waals surface area contributed by atoms with Crippen LogP contribution in [0, 0.1) is 13.8 Å². The third-order valence-corrected chi connectivity index (χ3v) is 4.42. The van der Waals surface area contributed by atoms with E-state index in [2.05, 4.69) is 4.83 Å². The Morgan fingerprint density at radius 3 is 2.50 bits per heavy atom. The minimum Gasteiger partial charge on any atom is -0.379 e. The number of nitrogens with zero attached hydrogens (tertiary/aromatic N) is 1. The molecule has 1 aromatic rings. The average molecular weight is 270 g/mol. The fraction of sp³-hybridized carbons (Fsp3) is 0.500. The number of ether oxygens (including phenoxy) is 1. The van der Waals surface area contributed by atoms with Gasteiger partial charge in [-0.15, -0.1) is 4.83 Å². The number of morpholine rings is 1. The summed E-state index contributed by atoms with van der Waals surface area (Å²) >= 11 is 0. The number of hydrogen-bond donors (Lipinski definition) is 1. The molecule has 1 fully saturated rings. The number of sulfonamides is 1. The summed E-state index contributed by atoms with van der Waals surface area (Å²) < 4.78 is 29.7. The monoisotopic (exact) mass is 270 g/mol. The van der Waals surface area contributed by atoms with Gasteiger partial charge in [0.05, 0.1) is 18.1 Å². The molecule has 1 N–H and O–H groups in total. The second-order valence-corrected chi connectivity index (χ2v) is 6.09. The molecule has 0 atom stereocenters. The molecule has 0 amide bonds. The van der Waals surface area contributed by atoms with E-state index in [4.69, 9.17) is 4.74 Å². The maximum atomic E-state index is 12.2. The Morgan fingerprint density at radius 1 is 1.22 bits per heavy atom. The zero-order chi connectivity index (χ0) is 13.2. The van der Waals surface area contributed by atoms with Crippen molar-refractivity contribution >= 4 is 10.0 Å². The molecule has 1 aliphatic rings. The van der Waals surface area contributed by atoms with Crippen LogP contribution < -0.4 is 4.83 Å². The van der Waals surface area contributed by atoms with Crippen molar-refractivity contribution in [3.63, 3.8) is 0 Å². The van der Waals surface area contributed by atoms with E-state index in [9.17, 15) is 8.42 Å². The fourth-order valence-corrected chi connectivity index (χ4v) is 3.33. The molecule has 100 valence electrons. The molecule has 0 unspecified atom stereocenters. The van der Waals surface area contributed by atoms with Gasteiger partial charge in [0.25, 0.3) is 10.0 Å². The van der Waals surface area contributed by atoms with Gasteiger partial charge in [-0.3, -0.25) is 0 Å². The van der Waals surface area contributed by atoms with E-state index in [0.717, 1.165) is 11.1 Å². The van der Waals surface area contributed by atoms with Gasteiger partial charge in [-0.25, -0.2) is 13.4 Å². The van der Waals surface area contributed by atoms with Crippen molar-refractivity contribution in [2.75, 3.05) is 26.3 Å². The van der Waals surface area contributed by atoms with Crippen LogP contribution in [0.2, 0.25) is 0 Å². The van der Waals surface area contributed by atoms with Gasteiger partial charge in [-0.1, -0.05) is 17.7 Å². The van der Waals surface area contributed by atoms with Crippen LogP contribution in [0.25, 0.3) is 0 Å². The lowest BCUT2D eigenvalue weighted by Gasteiger charge is -2.27. The first-order valence-corrected chi connectivity index (χ1v) is 7.40. The normalized spacial score (nSPS) is 17.9. The summed E-state index contributed by atoms with van der Waals surface area (Å²) in [7, 11) is -3.49. The highest BCUT2D eigenvalue weighted by Gasteiger charge is 2.21. The van der Waals surface area contributed by atoms with Crippen molar-refractivity contribution in [3.8, 4) is 0 Å². The van der Waals surface area contributed by atoms with Crippen LogP contribution in [0.4, 0.5) is 0 Å². The summed E-state index contributed by atoms with van der Waals surface area (Å²) in [5, 5.41) is 1.68. The first kappa shape index (κ1) is 13.5. The molecular weight excluding hydrogens is 252 g/mol. The second kappa shape index (κ2) is 5.36. The maximum absolute atomic E-state index is 12.2. The zero-order valence-electron chi connectivity index (χ0n) is 10.6. The Kier molecular flexibility index (Phi) is 4.01. The molecule has 0 aromatic heterocycles. The molecular formula is C12H18N2O3S. The first-order chi connectivity index (χ1) is 8.49. The molecule has 6 heteroatoms. The third kappa shape index (κ3) is 3.08. The molecule has 0 aliphatic carbocycles. The summed E-state index contributed by atoms with van der Waals surface area (Å²) in [5.74, 6) is 0. The van der Waals surface area contributed by atoms with Crippen LogP contribution in [0.15, 0.2) is 23.1 Å². The highest BCUT2D eigenvalue weighted by Crippen LogP contribution is 2.16. The van der Waals surface area contributed by atoms with E-state index in [1.165, 1.54) is 0 Å². The highest BCUT2D eigenvalue weighted by molar-refractivity contribution is 7.89. The Morgan fingerprint density at radius 2 is 1.89 bits per heavy atom. The van der Waals surface area contributed by atoms with Crippen LogP contribution in [0.1, 0.15) is 11.1 Å². The number of hydrazine groups is 1. The van der Waals surface area contributed by atoms with Crippen LogP contribution >= 0.6 is 0 Å². The van der Waals surface area contributed by atoms with Crippen molar-refractivity contribution in [2.24, 2.45) is 0 Å². The Bertz CT molecular complexity index is 522. The maximum Gasteiger partial charge on any atom is 0.253 e. The van der Waals surface area contributed by atoms with Gasteiger partial charge in [-0.05, 0) is 25.5 Å². The number of aryl methyl sites for hydroxylation is 2. The lowest BCUT2D eigenvalue weighted by Crippen LogP contribution is -2.48. The minimum absolute atomic E-state index is 0.333. The molecule has 5 nitrogen and oxygen atoms in total. The number of benzene rings is 1. The van der Waals surface area contributed by atoms with E-state index in [1.807, 2.05) is 13.0 Å². The summed E-state index contributed by atoms with van der Waals surface area (Å²) in [6.45, 7) is 6.00. The molecule has 0 bridgehead atoms. The summed E-state index contributed by atoms with van der Waals surface area (Å²) in [6.07, 6.45) is 0. The average Bonchev–Trinajstić information content (AvgIpc) is 2.29. The topological polar surface area (TPSA) is 58.6 Å². The van der Waals surface area contributed by atoms with Crippen molar-refractivity contribution in [1.29, 1.82) is 0 Å². The van der Waals surface area contributed by atoms with Gasteiger partial charge in [0.2, 0.25) is 0 Å². The van der Waals surface area contributed by atoms with Gasteiger partial charge in [0, 0.05) is 13.1 Å². The van der Waals surface area contributed by atoms with Gasteiger partial charge >= 0.3 is 0 Å². The predicted octanol–water partition coefficient (Wildman–Crippen LogP) is 0.829. The molecule has 0 saturated carbocycles. The standard InChI is InChI=1S/C12H18N2O3S/c1-10-3-4-12(11(2)9-10)18(15,16)13-14-5-7-17-8-6-14/h3-4,9,13H,5-8H2,1-2H3. The highest BCUT2D eigenvalue weighted by atomic mass is 32.2. The number of hydrogen-bond acceptors (Lipinski definition) is 4. The minimum atomic E-state index is -3.49. The van der Waals surface area contributed by atoms with Crippen molar-refractivity contribution in [1.82, 2.24) is 9.84 Å². The van der Waals surface area contributed by atoms with Crippen molar-refractivity contribution in [2.45, 2.75) is 18.7 Å². The molecule has 18 heavy (non-hydrogen) atoms. The quantitative estimate of drug-likeness (QED) is 0.884. The summed E-state index contributed by atoms with van der Waals surface area (Å²) in [4.78, 5) is 2.93. The summed E-state index contributed by atoms with van der Waals surface area (Å²) in [6, 6.07) is 5.32. The van der Waals surface area contributed by atoms with Gasteiger partial charge in [0.15, 0.2) is 0 Å². The van der Waals surface area contributed by atoms with E-state index < -0.39 is 10.0 Å². The Balaban J connectivity index is 2.19. The molecule has 2 rings (SSSR count). The molecule has 1 aliphatic heterocycles. The Labute approximate surface area is 108 Å². The van der Waals surface area contributed by atoms with E-state index in [0.29, 0.717) is 31.2 Å². The molecule has 0 spiro atoms. The summed E-state index contributed by atoms with van der Waals surface area (Å²) in [5.41, 5.74) is 1.81. The third-order valence-electron chi connectivity index (χ3n) is 2.88. The van der Waals surface area contributed by atoms with Crippen molar-refractivity contribution < 1.29 is 13.2 Å². The van der Waals surface area contributed by atoms with Crippen LogP contribution in [-0.4, -0.2) is 39.7 Å². The predicted molar refractivity (Wildman–Crippen MR) is 68.6 cm³/mol. The van der Waals surface area contributed by atoms with Crippen LogP contribution in [-0.2, 0) is 14.8 Å². The number of rotatable bonds is 3. The zero-order valence-corrected chi connectivity index (χ0v) is 11.5. The molecule has 1 aromatic carbocycles. The van der Waals surface area contributed by atoms with E-state index in [-0.39, 0.29) is 0 Å². The van der Waals surface area contributed by atoms with Crippen LogP contribution in [0.5, 0.6) is 0 Å². The van der Waals surface area contributed by atoms with Gasteiger partial charge < -0.3 is 4.74 Å². The lowest BCUT2D eigenvalue weighted by atomic mass is 10.2. The molecule has 0 radical (unpaired) electrons. The lowest BCUT2D eigenvalue weighted by molar-refractivity contribution is 0.0272. The smallest absolute Gasteiger partial charge is 0.253 e. The van der Waals surface area contributed by atoms with Gasteiger partial charge in [-0.2, -0.15) is 0 Å². The van der Waals surface area contributed by atoms with Crippen molar-refractivity contribution in [3.05, 3.63) is 29.3 Å². The largest absolute Gasteiger partial charge is 0.379 e. The van der Waals surface area contributed by atoms with Gasteiger partial charge in [0.1, 0.15) is 0 Å². The molecule has 1 heterocycles. The fourth-order valence-electron chi connectivity index (χ4n) is 1.97. The first-order valence-electron chi connectivity index (χ1n) is 5.91. The van der Waals surface area contributed by atoms with E-state index >= 15 is 0 Å². The SMILES string of the molecule is Cc1ccc(S(=O)(=O)NN2CCOCC2)c(C)c1. The second-order valence-electron chi connectivity index (χ2n) is 4.46.